The summed E-state index contributed by atoms with van der Waals surface area (Å²) in [5, 5.41) is 3.12. The van der Waals surface area contributed by atoms with Crippen molar-refractivity contribution in [3.05, 3.63) is 29.8 Å². The smallest absolute Gasteiger partial charge is 0.317 e. The zero-order valence-corrected chi connectivity index (χ0v) is 19.5. The van der Waals surface area contributed by atoms with E-state index in [0.717, 1.165) is 12.8 Å². The van der Waals surface area contributed by atoms with E-state index in [1.54, 1.807) is 29.0 Å². The molecule has 1 aromatic carbocycles. The Bertz CT molecular complexity index is 871. The van der Waals surface area contributed by atoms with Gasteiger partial charge in [0.15, 0.2) is 0 Å². The molecule has 0 radical (unpaired) electrons. The highest BCUT2D eigenvalue weighted by atomic mass is 32.2. The van der Waals surface area contributed by atoms with Gasteiger partial charge in [-0.2, -0.15) is 4.31 Å². The van der Waals surface area contributed by atoms with Crippen LogP contribution in [0.3, 0.4) is 0 Å². The molecule has 1 aromatic rings. The second kappa shape index (κ2) is 9.99. The molecule has 1 N–H and O–H groups in total. The standard InChI is InChI=1S/C22H34N4O4S/c1-17(2)24(3)31(29,30)20-11-9-18(10-12-20)21(27)25-13-15-26(16-14-25)22(28)23-19-7-5-4-6-8-19/h9-12,17,19H,4-8,13-16H2,1-3H3,(H,23,28). The number of nitrogens with one attached hydrogen (secondary N) is 1. The third-order valence-corrected chi connectivity index (χ3v) is 8.34. The molecular weight excluding hydrogens is 416 g/mol. The average Bonchev–Trinajstić information content (AvgIpc) is 2.78. The van der Waals surface area contributed by atoms with Gasteiger partial charge < -0.3 is 15.1 Å². The van der Waals surface area contributed by atoms with Crippen molar-refractivity contribution in [2.24, 2.45) is 0 Å². The quantitative estimate of drug-likeness (QED) is 0.746. The van der Waals surface area contributed by atoms with Crippen LogP contribution in [-0.2, 0) is 10.0 Å². The van der Waals surface area contributed by atoms with Crippen molar-refractivity contribution in [2.45, 2.75) is 62.9 Å². The maximum atomic E-state index is 12.8. The Kier molecular flexibility index (Phi) is 7.59. The van der Waals surface area contributed by atoms with Crippen molar-refractivity contribution >= 4 is 22.0 Å². The molecule has 0 atom stereocenters. The number of amides is 3. The number of sulfonamides is 1. The molecular formula is C22H34N4O4S. The third-order valence-electron chi connectivity index (χ3n) is 6.29. The molecule has 0 aromatic heterocycles. The fourth-order valence-electron chi connectivity index (χ4n) is 4.02. The first kappa shape index (κ1) is 23.5. The minimum atomic E-state index is -3.58. The fraction of sp³-hybridized carbons (Fsp3) is 0.636. The molecule has 1 aliphatic carbocycles. The Morgan fingerprint density at radius 2 is 1.52 bits per heavy atom. The van der Waals surface area contributed by atoms with Crippen molar-refractivity contribution < 1.29 is 18.0 Å². The Hall–Kier alpha value is -2.13. The average molecular weight is 451 g/mol. The maximum absolute atomic E-state index is 12.8. The van der Waals surface area contributed by atoms with Crippen molar-refractivity contribution in [1.29, 1.82) is 0 Å². The van der Waals surface area contributed by atoms with Crippen molar-refractivity contribution in [3.63, 3.8) is 0 Å². The lowest BCUT2D eigenvalue weighted by Gasteiger charge is -2.36. The third kappa shape index (κ3) is 5.57. The molecule has 1 saturated carbocycles. The summed E-state index contributed by atoms with van der Waals surface area (Å²) < 4.78 is 26.5. The molecule has 31 heavy (non-hydrogen) atoms. The van der Waals surface area contributed by atoms with Crippen LogP contribution in [0.25, 0.3) is 0 Å². The van der Waals surface area contributed by atoms with Gasteiger partial charge in [-0.3, -0.25) is 4.79 Å². The summed E-state index contributed by atoms with van der Waals surface area (Å²) >= 11 is 0. The van der Waals surface area contributed by atoms with Crippen LogP contribution in [0, 0.1) is 0 Å². The second-order valence-corrected chi connectivity index (χ2v) is 10.7. The van der Waals surface area contributed by atoms with Gasteiger partial charge in [-0.15, -0.1) is 0 Å². The number of carbonyl (C=O) groups is 2. The second-order valence-electron chi connectivity index (χ2n) is 8.70. The summed E-state index contributed by atoms with van der Waals surface area (Å²) in [6, 6.07) is 6.16. The van der Waals surface area contributed by atoms with E-state index in [2.05, 4.69) is 5.32 Å². The minimum absolute atomic E-state index is 0.0390. The highest BCUT2D eigenvalue weighted by Gasteiger charge is 2.27. The van der Waals surface area contributed by atoms with Crippen LogP contribution in [0.1, 0.15) is 56.3 Å². The van der Waals surface area contributed by atoms with Gasteiger partial charge in [0, 0.05) is 50.9 Å². The zero-order chi connectivity index (χ0) is 22.6. The van der Waals surface area contributed by atoms with Crippen LogP contribution >= 0.6 is 0 Å². The molecule has 172 valence electrons. The maximum Gasteiger partial charge on any atom is 0.317 e. The Balaban J connectivity index is 1.55. The Morgan fingerprint density at radius 1 is 0.968 bits per heavy atom. The zero-order valence-electron chi connectivity index (χ0n) is 18.7. The molecule has 8 nitrogen and oxygen atoms in total. The summed E-state index contributed by atoms with van der Waals surface area (Å²) in [5.74, 6) is -0.145. The van der Waals surface area contributed by atoms with E-state index < -0.39 is 10.0 Å². The van der Waals surface area contributed by atoms with Crippen molar-refractivity contribution in [1.82, 2.24) is 19.4 Å². The summed E-state index contributed by atoms with van der Waals surface area (Å²) in [6.07, 6.45) is 5.67. The molecule has 2 fully saturated rings. The van der Waals surface area contributed by atoms with Crippen LogP contribution in [0.4, 0.5) is 4.79 Å². The highest BCUT2D eigenvalue weighted by Crippen LogP contribution is 2.19. The first-order valence-electron chi connectivity index (χ1n) is 11.1. The van der Waals surface area contributed by atoms with Crippen LogP contribution in [0.5, 0.6) is 0 Å². The van der Waals surface area contributed by atoms with Crippen LogP contribution in [-0.4, -0.2) is 79.8 Å². The molecule has 1 heterocycles. The highest BCUT2D eigenvalue weighted by molar-refractivity contribution is 7.89. The van der Waals surface area contributed by atoms with Crippen LogP contribution in [0.15, 0.2) is 29.2 Å². The van der Waals surface area contributed by atoms with Gasteiger partial charge in [0.05, 0.1) is 4.90 Å². The number of hydrogen-bond donors (Lipinski definition) is 1. The van der Waals surface area contributed by atoms with Crippen molar-refractivity contribution in [2.75, 3.05) is 33.2 Å². The number of urea groups is 1. The number of hydrogen-bond acceptors (Lipinski definition) is 4. The van der Waals surface area contributed by atoms with Crippen molar-refractivity contribution in [3.8, 4) is 0 Å². The van der Waals surface area contributed by atoms with E-state index in [1.807, 2.05) is 13.8 Å². The van der Waals surface area contributed by atoms with Gasteiger partial charge in [-0.25, -0.2) is 13.2 Å². The summed E-state index contributed by atoms with van der Waals surface area (Å²) in [6.45, 7) is 5.54. The number of benzene rings is 1. The molecule has 1 saturated heterocycles. The summed E-state index contributed by atoms with van der Waals surface area (Å²) in [4.78, 5) is 29.0. The lowest BCUT2D eigenvalue weighted by atomic mass is 9.96. The van der Waals surface area contributed by atoms with E-state index in [9.17, 15) is 18.0 Å². The largest absolute Gasteiger partial charge is 0.335 e. The van der Waals surface area contributed by atoms with E-state index in [4.69, 9.17) is 0 Å². The number of nitrogens with zero attached hydrogens (tertiary/aromatic N) is 3. The molecule has 9 heteroatoms. The molecule has 0 bridgehead atoms. The fourth-order valence-corrected chi connectivity index (χ4v) is 5.39. The van der Waals surface area contributed by atoms with E-state index in [-0.39, 0.29) is 28.9 Å². The number of carbonyl (C=O) groups excluding carboxylic acids is 2. The summed E-state index contributed by atoms with van der Waals surface area (Å²) in [5.41, 5.74) is 0.450. The molecule has 3 rings (SSSR count). The normalized spacial score (nSPS) is 18.5. The van der Waals surface area contributed by atoms with Gasteiger partial charge in [-0.1, -0.05) is 19.3 Å². The molecule has 1 aliphatic heterocycles. The Labute approximate surface area is 185 Å². The molecule has 0 spiro atoms. The molecule has 0 unspecified atom stereocenters. The van der Waals surface area contributed by atoms with Gasteiger partial charge in [0.1, 0.15) is 0 Å². The van der Waals surface area contributed by atoms with Gasteiger partial charge in [-0.05, 0) is 51.0 Å². The molecule has 3 amide bonds. The van der Waals surface area contributed by atoms with E-state index >= 15 is 0 Å². The van der Waals surface area contributed by atoms with Gasteiger partial charge in [0.25, 0.3) is 5.91 Å². The molecule has 2 aliphatic rings. The first-order valence-corrected chi connectivity index (χ1v) is 12.6. The number of piperazine rings is 1. The SMILES string of the molecule is CC(C)N(C)S(=O)(=O)c1ccc(C(=O)N2CCN(C(=O)NC3CCCCC3)CC2)cc1. The number of rotatable bonds is 5. The summed E-state index contributed by atoms with van der Waals surface area (Å²) in [7, 11) is -2.03. The lowest BCUT2D eigenvalue weighted by molar-refractivity contribution is 0.0662. The van der Waals surface area contributed by atoms with E-state index in [1.165, 1.54) is 35.7 Å². The van der Waals surface area contributed by atoms with Gasteiger partial charge >= 0.3 is 6.03 Å². The van der Waals surface area contributed by atoms with Crippen LogP contribution < -0.4 is 5.32 Å². The topological polar surface area (TPSA) is 90.0 Å². The predicted molar refractivity (Wildman–Crippen MR) is 119 cm³/mol. The Morgan fingerprint density at radius 3 is 2.06 bits per heavy atom. The van der Waals surface area contributed by atoms with Crippen LogP contribution in [0.2, 0.25) is 0 Å². The van der Waals surface area contributed by atoms with E-state index in [0.29, 0.717) is 31.7 Å². The van der Waals surface area contributed by atoms with Gasteiger partial charge in [0.2, 0.25) is 10.0 Å². The predicted octanol–water partition coefficient (Wildman–Crippen LogP) is 2.52. The monoisotopic (exact) mass is 450 g/mol. The first-order chi connectivity index (χ1) is 14.7. The lowest BCUT2D eigenvalue weighted by Crippen LogP contribution is -2.54. The minimum Gasteiger partial charge on any atom is -0.335 e.